The quantitative estimate of drug-likeness (QED) is 0.682. The summed E-state index contributed by atoms with van der Waals surface area (Å²) in [6, 6.07) is 8.95. The highest BCUT2D eigenvalue weighted by atomic mass is 16.5. The zero-order valence-corrected chi connectivity index (χ0v) is 12.6. The highest BCUT2D eigenvalue weighted by Gasteiger charge is 2.35. The van der Waals surface area contributed by atoms with Crippen LogP contribution in [0.4, 0.5) is 0 Å². The Balaban J connectivity index is 2.56. The molecule has 2 N–H and O–H groups in total. The number of nitrogens with one attached hydrogen (secondary N) is 1. The minimum atomic E-state index is -1.12. The molecule has 1 amide bonds. The van der Waals surface area contributed by atoms with Crippen molar-refractivity contribution in [1.29, 1.82) is 0 Å². The van der Waals surface area contributed by atoms with Crippen molar-refractivity contribution in [3.8, 4) is 0 Å². The number of unbranched alkanes of at least 4 members (excludes halogenated alkanes) is 1. The van der Waals surface area contributed by atoms with Crippen molar-refractivity contribution in [2.45, 2.75) is 31.6 Å². The van der Waals surface area contributed by atoms with E-state index >= 15 is 0 Å². The van der Waals surface area contributed by atoms with Crippen molar-refractivity contribution >= 4 is 11.9 Å². The average Bonchev–Trinajstić information content (AvgIpc) is 2.50. The lowest BCUT2D eigenvalue weighted by molar-refractivity contribution is -0.143. The normalized spacial score (nSPS) is 13.4. The monoisotopic (exact) mass is 293 g/mol. The molecule has 0 heterocycles. The van der Waals surface area contributed by atoms with Gasteiger partial charge in [0.05, 0.1) is 0 Å². The molecule has 0 spiro atoms. The molecule has 0 saturated heterocycles. The molecule has 0 aliphatic rings. The maximum absolute atomic E-state index is 11.8. The van der Waals surface area contributed by atoms with Gasteiger partial charge >= 0.3 is 5.97 Å². The van der Waals surface area contributed by atoms with Gasteiger partial charge in [-0.2, -0.15) is 0 Å². The number of carbonyl (C=O) groups is 2. The Labute approximate surface area is 125 Å². The second-order valence-electron chi connectivity index (χ2n) is 5.23. The van der Waals surface area contributed by atoms with Crippen LogP contribution < -0.4 is 5.32 Å². The van der Waals surface area contributed by atoms with Crippen LogP contribution in [0.1, 0.15) is 31.7 Å². The van der Waals surface area contributed by atoms with Crippen molar-refractivity contribution in [2.75, 3.05) is 20.3 Å². The van der Waals surface area contributed by atoms with Crippen LogP contribution >= 0.6 is 0 Å². The topological polar surface area (TPSA) is 75.6 Å². The fraction of sp³-hybridized carbons (Fsp3) is 0.500. The Bertz CT molecular complexity index is 461. The number of carboxylic acid groups (broad SMARTS) is 1. The van der Waals surface area contributed by atoms with Gasteiger partial charge in [0.2, 0.25) is 5.91 Å². The smallest absolute Gasteiger partial charge is 0.315 e. The number of carboxylic acids is 1. The minimum absolute atomic E-state index is 0.0788. The van der Waals surface area contributed by atoms with E-state index in [2.05, 4.69) is 5.32 Å². The molecule has 1 aromatic rings. The predicted octanol–water partition coefficient (Wildman–Crippen LogP) is 1.96. The largest absolute Gasteiger partial charge is 0.481 e. The lowest BCUT2D eigenvalue weighted by atomic mass is 9.82. The molecule has 1 aromatic carbocycles. The predicted molar refractivity (Wildman–Crippen MR) is 80.2 cm³/mol. The van der Waals surface area contributed by atoms with E-state index in [1.54, 1.807) is 38.3 Å². The van der Waals surface area contributed by atoms with Gasteiger partial charge in [0.15, 0.2) is 0 Å². The van der Waals surface area contributed by atoms with E-state index in [0.29, 0.717) is 18.6 Å². The number of carbonyl (C=O) groups excluding carboxylic acids is 1. The molecular weight excluding hydrogens is 270 g/mol. The molecule has 5 heteroatoms. The maximum atomic E-state index is 11.8. The number of amides is 1. The summed E-state index contributed by atoms with van der Waals surface area (Å²) in [5.74, 6) is -1.08. The SMILES string of the molecule is COCCCCC(=O)NCC(C)(C(=O)O)c1ccccc1. The third-order valence-corrected chi connectivity index (χ3v) is 3.52. The van der Waals surface area contributed by atoms with Gasteiger partial charge in [-0.05, 0) is 25.3 Å². The first-order valence-electron chi connectivity index (χ1n) is 7.05. The number of aliphatic carboxylic acids is 1. The minimum Gasteiger partial charge on any atom is -0.481 e. The number of hydrogen-bond donors (Lipinski definition) is 2. The number of hydrogen-bond acceptors (Lipinski definition) is 3. The van der Waals surface area contributed by atoms with Crippen molar-refractivity contribution in [1.82, 2.24) is 5.32 Å². The van der Waals surface area contributed by atoms with E-state index < -0.39 is 11.4 Å². The van der Waals surface area contributed by atoms with Gasteiger partial charge in [0.25, 0.3) is 0 Å². The molecule has 0 aromatic heterocycles. The second-order valence-corrected chi connectivity index (χ2v) is 5.23. The van der Waals surface area contributed by atoms with Gasteiger partial charge in [-0.15, -0.1) is 0 Å². The van der Waals surface area contributed by atoms with Crippen LogP contribution in [0.5, 0.6) is 0 Å². The van der Waals surface area contributed by atoms with Crippen LogP contribution in [0.3, 0.4) is 0 Å². The van der Waals surface area contributed by atoms with Crippen LogP contribution in [0.25, 0.3) is 0 Å². The summed E-state index contributed by atoms with van der Waals surface area (Å²) in [6.07, 6.45) is 1.93. The zero-order valence-electron chi connectivity index (χ0n) is 12.6. The van der Waals surface area contributed by atoms with Crippen LogP contribution in [0, 0.1) is 0 Å². The first-order valence-corrected chi connectivity index (χ1v) is 7.05. The molecule has 0 aliphatic carbocycles. The van der Waals surface area contributed by atoms with E-state index in [4.69, 9.17) is 4.74 Å². The third-order valence-electron chi connectivity index (χ3n) is 3.52. The highest BCUT2D eigenvalue weighted by molar-refractivity contribution is 5.83. The summed E-state index contributed by atoms with van der Waals surface area (Å²) in [5.41, 5.74) is -0.444. The Kier molecular flexibility index (Phi) is 6.88. The lowest BCUT2D eigenvalue weighted by Gasteiger charge is -2.25. The summed E-state index contributed by atoms with van der Waals surface area (Å²) in [5, 5.41) is 12.2. The molecule has 0 radical (unpaired) electrons. The Morgan fingerprint density at radius 3 is 2.48 bits per heavy atom. The van der Waals surface area contributed by atoms with Crippen LogP contribution in [0.2, 0.25) is 0 Å². The standard InChI is InChI=1S/C16H23NO4/c1-16(15(19)20,13-8-4-3-5-9-13)12-17-14(18)10-6-7-11-21-2/h3-5,8-9H,6-7,10-12H2,1-2H3,(H,17,18)(H,19,20). The number of methoxy groups -OCH3 is 1. The number of benzene rings is 1. The molecule has 1 atom stereocenters. The van der Waals surface area contributed by atoms with Gasteiger partial charge in [-0.1, -0.05) is 30.3 Å². The Morgan fingerprint density at radius 2 is 1.90 bits per heavy atom. The van der Waals surface area contributed by atoms with E-state index in [1.165, 1.54) is 0 Å². The van der Waals surface area contributed by atoms with Gasteiger partial charge in [0.1, 0.15) is 5.41 Å². The molecular formula is C16H23NO4. The van der Waals surface area contributed by atoms with E-state index in [-0.39, 0.29) is 12.5 Å². The summed E-state index contributed by atoms with van der Waals surface area (Å²) in [4.78, 5) is 23.3. The maximum Gasteiger partial charge on any atom is 0.315 e. The number of rotatable bonds is 9. The molecule has 0 fully saturated rings. The molecule has 21 heavy (non-hydrogen) atoms. The van der Waals surface area contributed by atoms with Crippen LogP contribution in [-0.4, -0.2) is 37.2 Å². The van der Waals surface area contributed by atoms with Crippen molar-refractivity contribution < 1.29 is 19.4 Å². The fourth-order valence-electron chi connectivity index (χ4n) is 2.00. The fourth-order valence-corrected chi connectivity index (χ4v) is 2.00. The van der Waals surface area contributed by atoms with Crippen molar-refractivity contribution in [3.05, 3.63) is 35.9 Å². The van der Waals surface area contributed by atoms with Gasteiger partial charge in [-0.3, -0.25) is 9.59 Å². The van der Waals surface area contributed by atoms with E-state index in [9.17, 15) is 14.7 Å². The Morgan fingerprint density at radius 1 is 1.24 bits per heavy atom. The van der Waals surface area contributed by atoms with Gasteiger partial charge < -0.3 is 15.2 Å². The molecule has 1 rings (SSSR count). The number of ether oxygens (including phenoxy) is 1. The van der Waals surface area contributed by atoms with E-state index in [1.807, 2.05) is 6.07 Å². The molecule has 116 valence electrons. The molecule has 1 unspecified atom stereocenters. The summed E-state index contributed by atoms with van der Waals surface area (Å²) in [6.45, 7) is 2.33. The highest BCUT2D eigenvalue weighted by Crippen LogP contribution is 2.23. The molecule has 0 aliphatic heterocycles. The molecule has 5 nitrogen and oxygen atoms in total. The lowest BCUT2D eigenvalue weighted by Crippen LogP contribution is -2.44. The first kappa shape index (κ1) is 17.2. The van der Waals surface area contributed by atoms with Crippen molar-refractivity contribution in [3.63, 3.8) is 0 Å². The molecule has 0 bridgehead atoms. The zero-order chi connectivity index (χ0) is 15.7. The van der Waals surface area contributed by atoms with Gasteiger partial charge in [0, 0.05) is 26.7 Å². The average molecular weight is 293 g/mol. The molecule has 0 saturated carbocycles. The van der Waals surface area contributed by atoms with Gasteiger partial charge in [-0.25, -0.2) is 0 Å². The third kappa shape index (κ3) is 5.19. The summed E-state index contributed by atoms with van der Waals surface area (Å²) in [7, 11) is 1.62. The van der Waals surface area contributed by atoms with Crippen LogP contribution in [-0.2, 0) is 19.7 Å². The second kappa shape index (κ2) is 8.42. The summed E-state index contributed by atoms with van der Waals surface area (Å²) < 4.78 is 4.92. The van der Waals surface area contributed by atoms with E-state index in [0.717, 1.165) is 12.8 Å². The summed E-state index contributed by atoms with van der Waals surface area (Å²) >= 11 is 0. The first-order chi connectivity index (χ1) is 10.0. The van der Waals surface area contributed by atoms with Crippen molar-refractivity contribution in [2.24, 2.45) is 0 Å². The Hall–Kier alpha value is -1.88. The van der Waals surface area contributed by atoms with Crippen LogP contribution in [0.15, 0.2) is 30.3 Å².